The third-order valence-electron chi connectivity index (χ3n) is 4.79. The fourth-order valence-electron chi connectivity index (χ4n) is 3.39. The van der Waals surface area contributed by atoms with Gasteiger partial charge in [0.15, 0.2) is 5.96 Å². The van der Waals surface area contributed by atoms with Gasteiger partial charge in [-0.15, -0.1) is 24.0 Å². The number of ether oxygens (including phenoxy) is 3. The Morgan fingerprint density at radius 1 is 1.33 bits per heavy atom. The number of morpholine rings is 1. The monoisotopic (exact) mass is 491 g/mol. The Morgan fingerprint density at radius 2 is 2.15 bits per heavy atom. The largest absolute Gasteiger partial charge is 0.508 e. The van der Waals surface area contributed by atoms with E-state index >= 15 is 0 Å². The quantitative estimate of drug-likeness (QED) is 0.375. The Kier molecular flexibility index (Phi) is 8.91. The van der Waals surface area contributed by atoms with Gasteiger partial charge in [-0.05, 0) is 38.0 Å². The molecule has 2 atom stereocenters. The van der Waals surface area contributed by atoms with Gasteiger partial charge in [0.1, 0.15) is 17.6 Å². The molecule has 0 radical (unpaired) electrons. The zero-order valence-electron chi connectivity index (χ0n) is 16.0. The van der Waals surface area contributed by atoms with Crippen molar-refractivity contribution in [3.63, 3.8) is 0 Å². The molecule has 2 fully saturated rings. The Labute approximate surface area is 178 Å². The van der Waals surface area contributed by atoms with Gasteiger partial charge in [0.25, 0.3) is 0 Å². The number of aromatic hydroxyl groups is 1. The number of halogens is 1. The van der Waals surface area contributed by atoms with Gasteiger partial charge >= 0.3 is 0 Å². The van der Waals surface area contributed by atoms with Gasteiger partial charge in [-0.2, -0.15) is 0 Å². The van der Waals surface area contributed by atoms with Gasteiger partial charge in [0.2, 0.25) is 0 Å². The highest BCUT2D eigenvalue weighted by Gasteiger charge is 2.32. The van der Waals surface area contributed by atoms with Crippen LogP contribution in [0.2, 0.25) is 0 Å². The summed E-state index contributed by atoms with van der Waals surface area (Å²) < 4.78 is 17.0. The molecule has 152 valence electrons. The van der Waals surface area contributed by atoms with Gasteiger partial charge in [-0.3, -0.25) is 0 Å². The Bertz CT molecular complexity index is 623. The first-order valence-electron chi connectivity index (χ1n) is 9.33. The molecule has 3 rings (SSSR count). The van der Waals surface area contributed by atoms with Gasteiger partial charge in [0.05, 0.1) is 26.4 Å². The van der Waals surface area contributed by atoms with Crippen molar-refractivity contribution in [2.45, 2.75) is 38.5 Å². The van der Waals surface area contributed by atoms with E-state index in [1.807, 2.05) is 6.07 Å². The van der Waals surface area contributed by atoms with Crippen LogP contribution in [-0.2, 0) is 16.0 Å². The zero-order chi connectivity index (χ0) is 18.4. The van der Waals surface area contributed by atoms with E-state index in [1.54, 1.807) is 19.2 Å². The van der Waals surface area contributed by atoms with E-state index in [0.29, 0.717) is 18.9 Å². The highest BCUT2D eigenvalue weighted by molar-refractivity contribution is 14.0. The van der Waals surface area contributed by atoms with Gasteiger partial charge < -0.3 is 29.5 Å². The fraction of sp³-hybridized carbons (Fsp3) is 0.632. The molecule has 7 nitrogen and oxygen atoms in total. The van der Waals surface area contributed by atoms with Crippen LogP contribution in [-0.4, -0.2) is 68.1 Å². The molecular weight excluding hydrogens is 461 g/mol. The lowest BCUT2D eigenvalue weighted by Gasteiger charge is -2.37. The third kappa shape index (κ3) is 5.86. The molecule has 8 heteroatoms. The Morgan fingerprint density at radius 3 is 2.85 bits per heavy atom. The number of rotatable bonds is 5. The molecule has 1 aromatic rings. The third-order valence-corrected chi connectivity index (χ3v) is 4.79. The second-order valence-corrected chi connectivity index (χ2v) is 6.57. The van der Waals surface area contributed by atoms with Crippen molar-refractivity contribution in [3.8, 4) is 11.5 Å². The highest BCUT2D eigenvalue weighted by atomic mass is 127. The highest BCUT2D eigenvalue weighted by Crippen LogP contribution is 2.24. The normalized spacial score (nSPS) is 23.0. The van der Waals surface area contributed by atoms with Crippen molar-refractivity contribution in [2.24, 2.45) is 4.99 Å². The van der Waals surface area contributed by atoms with Crippen molar-refractivity contribution in [1.29, 1.82) is 0 Å². The van der Waals surface area contributed by atoms with Crippen LogP contribution >= 0.6 is 24.0 Å². The van der Waals surface area contributed by atoms with Crippen LogP contribution in [0.5, 0.6) is 11.5 Å². The summed E-state index contributed by atoms with van der Waals surface area (Å²) in [4.78, 5) is 6.94. The van der Waals surface area contributed by atoms with Crippen molar-refractivity contribution < 1.29 is 19.3 Å². The lowest BCUT2D eigenvalue weighted by Crippen LogP contribution is -2.53. The molecule has 27 heavy (non-hydrogen) atoms. The molecule has 0 saturated carbocycles. The molecule has 2 saturated heterocycles. The van der Waals surface area contributed by atoms with E-state index in [0.717, 1.165) is 50.6 Å². The van der Waals surface area contributed by atoms with Crippen LogP contribution in [0.25, 0.3) is 0 Å². The first kappa shape index (κ1) is 22.0. The summed E-state index contributed by atoms with van der Waals surface area (Å²) in [5.41, 5.74) is 0.740. The summed E-state index contributed by atoms with van der Waals surface area (Å²) in [6, 6.07) is 5.19. The number of phenolic OH excluding ortho intramolecular Hbond substituents is 1. The number of methoxy groups -OCH3 is 1. The molecule has 0 bridgehead atoms. The molecule has 2 aliphatic rings. The molecule has 0 spiro atoms. The van der Waals surface area contributed by atoms with Crippen LogP contribution < -0.4 is 10.1 Å². The molecule has 2 unspecified atom stereocenters. The first-order chi connectivity index (χ1) is 12.7. The van der Waals surface area contributed by atoms with Crippen LogP contribution in [0.4, 0.5) is 0 Å². The van der Waals surface area contributed by atoms with E-state index < -0.39 is 0 Å². The molecule has 2 aliphatic heterocycles. The smallest absolute Gasteiger partial charge is 0.194 e. The topological polar surface area (TPSA) is 75.6 Å². The average molecular weight is 491 g/mol. The minimum atomic E-state index is 0. The number of guanidine groups is 1. The molecule has 0 aliphatic carbocycles. The summed E-state index contributed by atoms with van der Waals surface area (Å²) in [7, 11) is 1.61. The SMILES string of the molecule is CCNC(=NCc1cc(OC)ccc1O)N1CCOC(C2CCCO2)C1.I. The summed E-state index contributed by atoms with van der Waals surface area (Å²) in [5.74, 6) is 1.77. The number of aliphatic imine (C=N–C) groups is 1. The summed E-state index contributed by atoms with van der Waals surface area (Å²) in [5, 5.41) is 13.4. The van der Waals surface area contributed by atoms with E-state index in [9.17, 15) is 5.11 Å². The van der Waals surface area contributed by atoms with Gasteiger partial charge in [-0.25, -0.2) is 4.99 Å². The fourth-order valence-corrected chi connectivity index (χ4v) is 3.39. The van der Waals surface area contributed by atoms with E-state index in [-0.39, 0.29) is 41.9 Å². The maximum atomic E-state index is 10.1. The maximum absolute atomic E-state index is 10.1. The molecule has 1 aromatic carbocycles. The van der Waals surface area contributed by atoms with E-state index in [4.69, 9.17) is 19.2 Å². The number of hydrogen-bond donors (Lipinski definition) is 2. The Hall–Kier alpha value is -1.26. The molecular formula is C19H30IN3O4. The number of nitrogens with one attached hydrogen (secondary N) is 1. The minimum absolute atomic E-state index is 0. The number of nitrogens with zero attached hydrogens (tertiary/aromatic N) is 2. The van der Waals surface area contributed by atoms with Crippen molar-refractivity contribution in [1.82, 2.24) is 10.2 Å². The zero-order valence-corrected chi connectivity index (χ0v) is 18.3. The predicted octanol–water partition coefficient (Wildman–Crippen LogP) is 2.36. The maximum Gasteiger partial charge on any atom is 0.194 e. The average Bonchev–Trinajstić information content (AvgIpc) is 3.21. The minimum Gasteiger partial charge on any atom is -0.508 e. The lowest BCUT2D eigenvalue weighted by molar-refractivity contribution is -0.0817. The van der Waals surface area contributed by atoms with Crippen LogP contribution in [0.3, 0.4) is 0 Å². The summed E-state index contributed by atoms with van der Waals surface area (Å²) >= 11 is 0. The molecule has 0 aromatic heterocycles. The number of hydrogen-bond acceptors (Lipinski definition) is 5. The van der Waals surface area contributed by atoms with Crippen molar-refractivity contribution >= 4 is 29.9 Å². The molecule has 2 N–H and O–H groups in total. The van der Waals surface area contributed by atoms with Crippen LogP contribution in [0.15, 0.2) is 23.2 Å². The Balaban J connectivity index is 0.00000261. The molecule has 2 heterocycles. The summed E-state index contributed by atoms with van der Waals surface area (Å²) in [6.07, 6.45) is 2.43. The number of phenols is 1. The predicted molar refractivity (Wildman–Crippen MR) is 115 cm³/mol. The van der Waals surface area contributed by atoms with Crippen LogP contribution in [0.1, 0.15) is 25.3 Å². The van der Waals surface area contributed by atoms with Crippen molar-refractivity contribution in [2.75, 3.05) is 40.0 Å². The second-order valence-electron chi connectivity index (χ2n) is 6.57. The lowest BCUT2D eigenvalue weighted by atomic mass is 10.1. The number of benzene rings is 1. The van der Waals surface area contributed by atoms with Gasteiger partial charge in [0, 0.05) is 31.8 Å². The first-order valence-corrected chi connectivity index (χ1v) is 9.33. The summed E-state index contributed by atoms with van der Waals surface area (Å²) in [6.45, 7) is 6.27. The van der Waals surface area contributed by atoms with E-state index in [2.05, 4.69) is 17.1 Å². The standard InChI is InChI=1S/C19H29N3O4.HI/c1-3-20-19(21-12-14-11-15(24-2)6-7-16(14)23)22-8-10-26-18(13-22)17-5-4-9-25-17;/h6-7,11,17-18,23H,3-5,8-10,12-13H2,1-2H3,(H,20,21);1H. The van der Waals surface area contributed by atoms with Gasteiger partial charge in [-0.1, -0.05) is 0 Å². The van der Waals surface area contributed by atoms with Crippen molar-refractivity contribution in [3.05, 3.63) is 23.8 Å². The van der Waals surface area contributed by atoms with E-state index in [1.165, 1.54) is 0 Å². The second kappa shape index (κ2) is 10.9. The van der Waals surface area contributed by atoms with Crippen LogP contribution in [0, 0.1) is 0 Å². The molecule has 0 amide bonds.